The first-order valence-corrected chi connectivity index (χ1v) is 6.69. The van der Waals surface area contributed by atoms with E-state index in [0.717, 1.165) is 11.2 Å². The second-order valence-electron chi connectivity index (χ2n) is 4.39. The van der Waals surface area contributed by atoms with Crippen LogP contribution in [0.2, 0.25) is 0 Å². The lowest BCUT2D eigenvalue weighted by Gasteiger charge is -2.11. The highest BCUT2D eigenvalue weighted by Crippen LogP contribution is 2.16. The first-order valence-electron chi connectivity index (χ1n) is 6.69. The zero-order chi connectivity index (χ0) is 15.8. The molecule has 0 aliphatic carbocycles. The molecule has 0 saturated heterocycles. The number of aldehydes is 1. The Hall–Kier alpha value is -3.13. The highest BCUT2D eigenvalue weighted by Gasteiger charge is 2.08. The number of pyridine rings is 1. The van der Waals surface area contributed by atoms with Gasteiger partial charge in [0, 0.05) is 24.2 Å². The predicted molar refractivity (Wildman–Crippen MR) is 82.6 cm³/mol. The lowest BCUT2D eigenvalue weighted by Crippen LogP contribution is -2.00. The third kappa shape index (κ3) is 3.49. The fourth-order valence-electron chi connectivity index (χ4n) is 1.98. The van der Waals surface area contributed by atoms with Crippen molar-refractivity contribution in [2.45, 2.75) is 13.0 Å². The van der Waals surface area contributed by atoms with E-state index in [1.807, 2.05) is 35.0 Å². The van der Waals surface area contributed by atoms with Gasteiger partial charge in [0.05, 0.1) is 18.1 Å². The number of aromatic nitrogens is 2. The summed E-state index contributed by atoms with van der Waals surface area (Å²) in [5.74, 6) is 0.366. The molecule has 2 aromatic heterocycles. The lowest BCUT2D eigenvalue weighted by molar-refractivity contribution is -0.105. The fraction of sp³-hybridized carbons (Fsp3) is 0.118. The predicted octanol–water partition coefficient (Wildman–Crippen LogP) is 2.96. The molecule has 0 radical (unpaired) electrons. The average molecular weight is 293 g/mol. The van der Waals surface area contributed by atoms with Crippen LogP contribution in [0.25, 0.3) is 5.65 Å². The van der Waals surface area contributed by atoms with Crippen molar-refractivity contribution in [1.82, 2.24) is 9.38 Å². The first kappa shape index (κ1) is 15.3. The molecule has 5 heteroatoms. The summed E-state index contributed by atoms with van der Waals surface area (Å²) >= 11 is 0. The van der Waals surface area contributed by atoms with Gasteiger partial charge in [-0.1, -0.05) is 18.7 Å². The van der Waals surface area contributed by atoms with Crippen LogP contribution >= 0.6 is 0 Å². The number of ether oxygens (including phenoxy) is 1. The molecular weight excluding hydrogens is 278 g/mol. The molecule has 0 aromatic carbocycles. The molecule has 0 aliphatic rings. The molecule has 0 saturated carbocycles. The molecule has 0 N–H and O–H groups in total. The third-order valence-corrected chi connectivity index (χ3v) is 2.97. The van der Waals surface area contributed by atoms with Crippen LogP contribution in [0.5, 0.6) is 0 Å². The van der Waals surface area contributed by atoms with Crippen LogP contribution in [0.15, 0.2) is 66.9 Å². The second kappa shape index (κ2) is 7.60. The number of carbonyl (C=O) groups excluding carboxylic acids is 1. The Morgan fingerprint density at radius 2 is 2.36 bits per heavy atom. The van der Waals surface area contributed by atoms with Crippen LogP contribution in [0.4, 0.5) is 0 Å². The molecule has 0 spiro atoms. The van der Waals surface area contributed by atoms with Gasteiger partial charge in [-0.2, -0.15) is 5.26 Å². The van der Waals surface area contributed by atoms with E-state index in [-0.39, 0.29) is 13.0 Å². The zero-order valence-corrected chi connectivity index (χ0v) is 12.0. The summed E-state index contributed by atoms with van der Waals surface area (Å²) in [6, 6.07) is 5.80. The van der Waals surface area contributed by atoms with Crippen molar-refractivity contribution in [1.29, 1.82) is 5.26 Å². The number of nitriles is 1. The Kier molecular flexibility index (Phi) is 5.27. The molecule has 2 rings (SSSR count). The molecule has 0 atom stereocenters. The Balaban J connectivity index is 2.23. The van der Waals surface area contributed by atoms with Gasteiger partial charge in [0.1, 0.15) is 18.0 Å². The van der Waals surface area contributed by atoms with Gasteiger partial charge < -0.3 is 9.14 Å². The number of imidazole rings is 1. The molecular formula is C17H15N3O2. The van der Waals surface area contributed by atoms with E-state index in [1.165, 1.54) is 6.08 Å². The Labute approximate surface area is 128 Å². The van der Waals surface area contributed by atoms with Crippen molar-refractivity contribution in [3.63, 3.8) is 0 Å². The normalized spacial score (nSPS) is 12.0. The smallest absolute Gasteiger partial charge is 0.153 e. The minimum Gasteiger partial charge on any atom is -0.488 e. The molecule has 2 aromatic rings. The van der Waals surface area contributed by atoms with Crippen LogP contribution < -0.4 is 0 Å². The van der Waals surface area contributed by atoms with Gasteiger partial charge in [-0.05, 0) is 18.2 Å². The summed E-state index contributed by atoms with van der Waals surface area (Å²) in [5.41, 5.74) is 2.03. The second-order valence-corrected chi connectivity index (χ2v) is 4.39. The summed E-state index contributed by atoms with van der Waals surface area (Å²) in [6.07, 6.45) is 10.9. The number of hydrogen-bond acceptors (Lipinski definition) is 4. The van der Waals surface area contributed by atoms with Crippen molar-refractivity contribution in [3.8, 4) is 6.07 Å². The molecule has 0 unspecified atom stereocenters. The molecule has 0 aliphatic heterocycles. The Bertz CT molecular complexity index is 779. The standard InChI is InChI=1S/C17H15N3O2/c1-2-5-14(12-21)16(7-3-8-18)22-13-15-6-4-10-20-11-9-19-17(15)20/h2,4-7,9-12H,1,3,13H2/b14-5-,16-7+. The summed E-state index contributed by atoms with van der Waals surface area (Å²) < 4.78 is 7.61. The van der Waals surface area contributed by atoms with E-state index in [0.29, 0.717) is 17.6 Å². The molecule has 5 nitrogen and oxygen atoms in total. The number of fused-ring (bicyclic) bond motifs is 1. The Morgan fingerprint density at radius 3 is 3.09 bits per heavy atom. The van der Waals surface area contributed by atoms with E-state index in [2.05, 4.69) is 11.6 Å². The number of nitrogens with zero attached hydrogens (tertiary/aromatic N) is 3. The van der Waals surface area contributed by atoms with E-state index in [1.54, 1.807) is 18.3 Å². The van der Waals surface area contributed by atoms with Gasteiger partial charge >= 0.3 is 0 Å². The maximum absolute atomic E-state index is 11.1. The monoisotopic (exact) mass is 293 g/mol. The van der Waals surface area contributed by atoms with Crippen molar-refractivity contribution in [3.05, 3.63) is 72.4 Å². The zero-order valence-electron chi connectivity index (χ0n) is 12.0. The largest absolute Gasteiger partial charge is 0.488 e. The van der Waals surface area contributed by atoms with Crippen LogP contribution in [0.1, 0.15) is 12.0 Å². The number of rotatable bonds is 7. The summed E-state index contributed by atoms with van der Waals surface area (Å²) in [5, 5.41) is 8.71. The minimum absolute atomic E-state index is 0.158. The minimum atomic E-state index is 0.158. The van der Waals surface area contributed by atoms with Crippen LogP contribution in [-0.4, -0.2) is 15.7 Å². The fourth-order valence-corrected chi connectivity index (χ4v) is 1.98. The number of carbonyl (C=O) groups is 1. The van der Waals surface area contributed by atoms with Crippen LogP contribution in [-0.2, 0) is 16.1 Å². The average Bonchev–Trinajstić information content (AvgIpc) is 3.02. The van der Waals surface area contributed by atoms with Gasteiger partial charge in [0.2, 0.25) is 0 Å². The number of allylic oxidation sites excluding steroid dienone is 4. The topological polar surface area (TPSA) is 67.4 Å². The van der Waals surface area contributed by atoms with Crippen LogP contribution in [0, 0.1) is 11.3 Å². The SMILES string of the molecule is C=C/C=C(C=O)\C(=C/CC#N)OCc1cccn2ccnc12. The van der Waals surface area contributed by atoms with Crippen molar-refractivity contribution in [2.75, 3.05) is 0 Å². The van der Waals surface area contributed by atoms with Gasteiger partial charge in [0.15, 0.2) is 6.29 Å². The van der Waals surface area contributed by atoms with E-state index >= 15 is 0 Å². The first-order chi connectivity index (χ1) is 10.8. The van der Waals surface area contributed by atoms with Gasteiger partial charge in [0.25, 0.3) is 0 Å². The molecule has 0 bridgehead atoms. The summed E-state index contributed by atoms with van der Waals surface area (Å²) in [7, 11) is 0. The van der Waals surface area contributed by atoms with Crippen molar-refractivity contribution < 1.29 is 9.53 Å². The van der Waals surface area contributed by atoms with Crippen molar-refractivity contribution in [2.24, 2.45) is 0 Å². The Morgan fingerprint density at radius 1 is 1.50 bits per heavy atom. The summed E-state index contributed by atoms with van der Waals surface area (Å²) in [6.45, 7) is 3.82. The van der Waals surface area contributed by atoms with Gasteiger partial charge in [-0.15, -0.1) is 0 Å². The summed E-state index contributed by atoms with van der Waals surface area (Å²) in [4.78, 5) is 15.4. The van der Waals surface area contributed by atoms with Crippen molar-refractivity contribution >= 4 is 11.9 Å². The van der Waals surface area contributed by atoms with E-state index in [9.17, 15) is 4.79 Å². The molecule has 2 heterocycles. The van der Waals surface area contributed by atoms with E-state index < -0.39 is 0 Å². The molecule has 0 amide bonds. The van der Waals surface area contributed by atoms with Gasteiger partial charge in [-0.25, -0.2) is 4.98 Å². The lowest BCUT2D eigenvalue weighted by atomic mass is 10.2. The van der Waals surface area contributed by atoms with E-state index in [4.69, 9.17) is 10.00 Å². The maximum Gasteiger partial charge on any atom is 0.153 e. The molecule has 0 fully saturated rings. The highest BCUT2D eigenvalue weighted by molar-refractivity contribution is 5.79. The highest BCUT2D eigenvalue weighted by atomic mass is 16.5. The third-order valence-electron chi connectivity index (χ3n) is 2.97. The maximum atomic E-state index is 11.1. The van der Waals surface area contributed by atoms with Gasteiger partial charge in [-0.3, -0.25) is 4.79 Å². The quantitative estimate of drug-likeness (QED) is 0.341. The molecule has 110 valence electrons. The van der Waals surface area contributed by atoms with Crippen LogP contribution in [0.3, 0.4) is 0 Å². The molecule has 22 heavy (non-hydrogen) atoms. The number of hydrogen-bond donors (Lipinski definition) is 0.